The number of carboxylic acid groups (broad SMARTS) is 1. The van der Waals surface area contributed by atoms with Crippen LogP contribution in [0.15, 0.2) is 24.3 Å². The lowest BCUT2D eigenvalue weighted by Gasteiger charge is -2.02. The highest BCUT2D eigenvalue weighted by Crippen LogP contribution is 2.09. The summed E-state index contributed by atoms with van der Waals surface area (Å²) in [5, 5.41) is 10.8. The monoisotopic (exact) mass is 343 g/mol. The molecule has 1 amide bonds. The van der Waals surface area contributed by atoms with Gasteiger partial charge in [0.2, 0.25) is 0 Å². The standard InChI is InChI=1S/C21H29NO3/c1-2-3-4-5-6-7-8-9-10-11-12-18-13-15-19(16-14-18)17-22-20(23)21(24)25/h13-16H,2-10,17H2,1H3,(H,22,23)(H,24,25). The molecule has 2 N–H and O–H groups in total. The topological polar surface area (TPSA) is 66.4 Å². The highest BCUT2D eigenvalue weighted by molar-refractivity contribution is 6.31. The molecule has 0 aliphatic heterocycles. The van der Waals surface area contributed by atoms with E-state index in [2.05, 4.69) is 24.1 Å². The van der Waals surface area contributed by atoms with E-state index in [1.165, 1.54) is 44.9 Å². The van der Waals surface area contributed by atoms with E-state index in [1.807, 2.05) is 24.3 Å². The third kappa shape index (κ3) is 10.2. The molecule has 0 heterocycles. The number of unbranched alkanes of at least 4 members (excludes halogenated alkanes) is 8. The van der Waals surface area contributed by atoms with Crippen LogP contribution < -0.4 is 5.32 Å². The van der Waals surface area contributed by atoms with Crippen LogP contribution in [0, 0.1) is 11.8 Å². The van der Waals surface area contributed by atoms with Gasteiger partial charge in [-0.1, -0.05) is 75.8 Å². The maximum absolute atomic E-state index is 11.0. The van der Waals surface area contributed by atoms with Gasteiger partial charge in [-0.15, -0.1) is 0 Å². The van der Waals surface area contributed by atoms with Gasteiger partial charge >= 0.3 is 11.9 Å². The first-order valence-corrected chi connectivity index (χ1v) is 9.22. The quantitative estimate of drug-likeness (QED) is 0.379. The second-order valence-corrected chi connectivity index (χ2v) is 6.21. The second-order valence-electron chi connectivity index (χ2n) is 6.21. The molecule has 1 aromatic rings. The van der Waals surface area contributed by atoms with Crippen LogP contribution in [-0.2, 0) is 16.1 Å². The van der Waals surface area contributed by atoms with Gasteiger partial charge in [0.1, 0.15) is 0 Å². The molecule has 4 nitrogen and oxygen atoms in total. The van der Waals surface area contributed by atoms with Crippen molar-refractivity contribution >= 4 is 11.9 Å². The van der Waals surface area contributed by atoms with Crippen molar-refractivity contribution in [1.29, 1.82) is 0 Å². The van der Waals surface area contributed by atoms with Gasteiger partial charge in [0.15, 0.2) is 0 Å². The maximum Gasteiger partial charge on any atom is 0.394 e. The van der Waals surface area contributed by atoms with Gasteiger partial charge in [-0.05, 0) is 24.1 Å². The normalized spacial score (nSPS) is 9.96. The summed E-state index contributed by atoms with van der Waals surface area (Å²) < 4.78 is 0. The Morgan fingerprint density at radius 1 is 0.960 bits per heavy atom. The van der Waals surface area contributed by atoms with Crippen LogP contribution >= 0.6 is 0 Å². The Morgan fingerprint density at radius 2 is 1.56 bits per heavy atom. The molecule has 1 aromatic carbocycles. The predicted octanol–water partition coefficient (Wildman–Crippen LogP) is 4.27. The van der Waals surface area contributed by atoms with Crippen molar-refractivity contribution in [3.8, 4) is 11.8 Å². The van der Waals surface area contributed by atoms with Crippen molar-refractivity contribution in [3.05, 3.63) is 35.4 Å². The lowest BCUT2D eigenvalue weighted by atomic mass is 10.1. The third-order valence-corrected chi connectivity index (χ3v) is 3.99. The minimum absolute atomic E-state index is 0.205. The molecule has 0 radical (unpaired) electrons. The van der Waals surface area contributed by atoms with Gasteiger partial charge in [-0.25, -0.2) is 4.79 Å². The summed E-state index contributed by atoms with van der Waals surface area (Å²) >= 11 is 0. The summed E-state index contributed by atoms with van der Waals surface area (Å²) in [6, 6.07) is 7.48. The Morgan fingerprint density at radius 3 is 2.16 bits per heavy atom. The second kappa shape index (κ2) is 13.1. The zero-order valence-electron chi connectivity index (χ0n) is 15.1. The number of carbonyl (C=O) groups excluding carboxylic acids is 1. The number of carbonyl (C=O) groups is 2. The summed E-state index contributed by atoms with van der Waals surface area (Å²) in [4.78, 5) is 21.4. The number of benzene rings is 1. The minimum atomic E-state index is -1.47. The number of rotatable bonds is 10. The number of carboxylic acids is 1. The van der Waals surface area contributed by atoms with E-state index in [9.17, 15) is 9.59 Å². The Balaban J connectivity index is 2.18. The Labute approximate surface area is 151 Å². The Kier molecular flexibility index (Phi) is 10.8. The van der Waals surface area contributed by atoms with E-state index in [4.69, 9.17) is 5.11 Å². The van der Waals surface area contributed by atoms with E-state index in [0.29, 0.717) is 0 Å². The number of nitrogens with one attached hydrogen (secondary N) is 1. The zero-order chi connectivity index (χ0) is 18.3. The van der Waals surface area contributed by atoms with E-state index < -0.39 is 11.9 Å². The molecule has 0 unspecified atom stereocenters. The molecule has 0 aromatic heterocycles. The fourth-order valence-corrected chi connectivity index (χ4v) is 2.48. The van der Waals surface area contributed by atoms with E-state index in [-0.39, 0.29) is 6.54 Å². The van der Waals surface area contributed by atoms with Crippen molar-refractivity contribution in [2.45, 2.75) is 71.3 Å². The predicted molar refractivity (Wildman–Crippen MR) is 100 cm³/mol. The summed E-state index contributed by atoms with van der Waals surface area (Å²) in [6.45, 7) is 2.45. The fourth-order valence-electron chi connectivity index (χ4n) is 2.48. The Bertz CT molecular complexity index is 581. The molecule has 0 atom stereocenters. The average molecular weight is 343 g/mol. The first kappa shape index (κ1) is 20.8. The van der Waals surface area contributed by atoms with Crippen LogP contribution in [0.5, 0.6) is 0 Å². The van der Waals surface area contributed by atoms with Gasteiger partial charge in [0.05, 0.1) is 0 Å². The van der Waals surface area contributed by atoms with Crippen LogP contribution in [0.1, 0.15) is 75.8 Å². The lowest BCUT2D eigenvalue weighted by molar-refractivity contribution is -0.150. The number of aliphatic carboxylic acids is 1. The maximum atomic E-state index is 11.0. The summed E-state index contributed by atoms with van der Waals surface area (Å²) in [6.07, 6.45) is 11.4. The largest absolute Gasteiger partial charge is 0.474 e. The Hall–Kier alpha value is -2.28. The van der Waals surface area contributed by atoms with Crippen molar-refractivity contribution in [1.82, 2.24) is 5.32 Å². The SMILES string of the molecule is CCCCCCCCCCC#Cc1ccc(CNC(=O)C(=O)O)cc1. The molecular weight excluding hydrogens is 314 g/mol. The van der Waals surface area contributed by atoms with Crippen LogP contribution in [0.4, 0.5) is 0 Å². The van der Waals surface area contributed by atoms with Crippen molar-refractivity contribution in [2.75, 3.05) is 0 Å². The highest BCUT2D eigenvalue weighted by atomic mass is 16.4. The van der Waals surface area contributed by atoms with Gasteiger partial charge in [-0.2, -0.15) is 0 Å². The van der Waals surface area contributed by atoms with E-state index >= 15 is 0 Å². The summed E-state index contributed by atoms with van der Waals surface area (Å²) in [5.74, 6) is 3.88. The summed E-state index contributed by atoms with van der Waals surface area (Å²) in [7, 11) is 0. The third-order valence-electron chi connectivity index (χ3n) is 3.99. The summed E-state index contributed by atoms with van der Waals surface area (Å²) in [5.41, 5.74) is 1.79. The minimum Gasteiger partial charge on any atom is -0.474 e. The number of hydrogen-bond donors (Lipinski definition) is 2. The molecule has 0 bridgehead atoms. The van der Waals surface area contributed by atoms with Gasteiger partial charge < -0.3 is 10.4 Å². The molecule has 0 fully saturated rings. The average Bonchev–Trinajstić information content (AvgIpc) is 2.62. The van der Waals surface area contributed by atoms with Crippen molar-refractivity contribution < 1.29 is 14.7 Å². The molecule has 136 valence electrons. The molecule has 0 saturated carbocycles. The number of hydrogen-bond acceptors (Lipinski definition) is 2. The van der Waals surface area contributed by atoms with Crippen molar-refractivity contribution in [2.24, 2.45) is 0 Å². The molecule has 0 saturated heterocycles. The van der Waals surface area contributed by atoms with E-state index in [1.54, 1.807) is 0 Å². The van der Waals surface area contributed by atoms with Crippen LogP contribution in [0.25, 0.3) is 0 Å². The van der Waals surface area contributed by atoms with Gasteiger partial charge in [-0.3, -0.25) is 4.79 Å². The van der Waals surface area contributed by atoms with Crippen LogP contribution in [-0.4, -0.2) is 17.0 Å². The van der Waals surface area contributed by atoms with Crippen LogP contribution in [0.3, 0.4) is 0 Å². The molecular formula is C21H29NO3. The molecule has 4 heteroatoms. The molecule has 0 aliphatic rings. The molecule has 25 heavy (non-hydrogen) atoms. The smallest absolute Gasteiger partial charge is 0.394 e. The fraction of sp³-hybridized carbons (Fsp3) is 0.524. The first-order chi connectivity index (χ1) is 12.1. The highest BCUT2D eigenvalue weighted by Gasteiger charge is 2.09. The van der Waals surface area contributed by atoms with Crippen LogP contribution in [0.2, 0.25) is 0 Å². The van der Waals surface area contributed by atoms with Crippen molar-refractivity contribution in [3.63, 3.8) is 0 Å². The van der Waals surface area contributed by atoms with E-state index in [0.717, 1.165) is 24.0 Å². The first-order valence-electron chi connectivity index (χ1n) is 9.22. The van der Waals surface area contributed by atoms with Gasteiger partial charge in [0.25, 0.3) is 0 Å². The molecule has 0 aliphatic carbocycles. The number of amides is 1. The zero-order valence-corrected chi connectivity index (χ0v) is 15.1. The molecule has 1 rings (SSSR count). The lowest BCUT2D eigenvalue weighted by Crippen LogP contribution is -2.29. The molecule has 0 spiro atoms. The van der Waals surface area contributed by atoms with Gasteiger partial charge in [0, 0.05) is 18.5 Å².